The summed E-state index contributed by atoms with van der Waals surface area (Å²) < 4.78 is 0. The van der Waals surface area contributed by atoms with Gasteiger partial charge in [0.15, 0.2) is 0 Å². The number of aliphatic imine (C=N–C) groups is 3. The number of rotatable bonds is 33. The molecule has 0 spiro atoms. The second kappa shape index (κ2) is 38.1. The molecule has 3 amide bonds. The summed E-state index contributed by atoms with van der Waals surface area (Å²) in [5.74, 6) is -16.1. The summed E-state index contributed by atoms with van der Waals surface area (Å²) in [6.07, 6.45) is -2.76. The van der Waals surface area contributed by atoms with Crippen molar-refractivity contribution in [3.8, 4) is 0 Å². The molecule has 0 aromatic heterocycles. The Hall–Kier alpha value is -1.87. The molecule has 34 heteroatoms. The Kier molecular flexibility index (Phi) is 40.9. The molecule has 0 unspecified atom stereocenters. The summed E-state index contributed by atoms with van der Waals surface area (Å²) in [5, 5.41) is 98.5. The van der Waals surface area contributed by atoms with Crippen LogP contribution in [-0.4, -0.2) is 186 Å². The van der Waals surface area contributed by atoms with E-state index >= 15 is 0 Å². The number of carboxylic acid groups (broad SMARTS) is 6. The van der Waals surface area contributed by atoms with Crippen LogP contribution in [0.2, 0.25) is 0 Å². The van der Waals surface area contributed by atoms with E-state index in [2.05, 4.69) is 30.9 Å². The molecule has 0 rings (SSSR count). The minimum Gasteiger partial charge on any atom is 1.00 e. The van der Waals surface area contributed by atoms with Crippen LogP contribution >= 0.6 is 30.1 Å². The van der Waals surface area contributed by atoms with Crippen LogP contribution in [0.5, 0.6) is 0 Å². The number of aliphatic carboxylic acids is 6. The number of hydrogen-bond acceptors (Lipinski definition) is 21. The Morgan fingerprint density at radius 3 is 0.875 bits per heavy atom. The second-order valence-corrected chi connectivity index (χ2v) is 28.9. The molecule has 0 heterocycles. The molecule has 0 aromatic rings. The van der Waals surface area contributed by atoms with Crippen LogP contribution in [0, 0.1) is 0 Å². The van der Waals surface area contributed by atoms with Gasteiger partial charge < -0.3 is 0 Å². The largest absolute Gasteiger partial charge is 1.00 e. The molecule has 64 heavy (non-hydrogen) atoms. The normalized spacial score (nSPS) is 14.8. The first kappa shape index (κ1) is 68.7. The van der Waals surface area contributed by atoms with E-state index in [-0.39, 0.29) is 108 Å². The summed E-state index contributed by atoms with van der Waals surface area (Å²) in [6.45, 7) is -2.71. The number of amides is 3. The van der Waals surface area contributed by atoms with E-state index in [1.165, 1.54) is 0 Å². The predicted molar refractivity (Wildman–Crippen MR) is 213 cm³/mol. The number of carboxylic acids is 6. The van der Waals surface area contributed by atoms with Crippen LogP contribution in [0.1, 0.15) is 38.5 Å². The minimum atomic E-state index is -2.96. The fraction of sp³-hybridized carbons (Fsp3) is 0.600. The van der Waals surface area contributed by atoms with Crippen molar-refractivity contribution >= 4 is 112 Å². The van der Waals surface area contributed by atoms with Crippen LogP contribution in [-0.2, 0) is 43.2 Å². The fourth-order valence-corrected chi connectivity index (χ4v) is 21.0. The average molecular weight is 1060 g/mol. The first-order chi connectivity index (χ1) is 28.4. The Morgan fingerprint density at radius 2 is 0.688 bits per heavy atom. The smallest absolute Gasteiger partial charge is 1.00 e. The maximum Gasteiger partial charge on any atom is 1.00 e. The SMILES string of the molecule is N[C@@H](CCC([O-])=N[C@@H](CS[As](SC[C@H](N=C([O-])CC[C@H](N)C(=O)O)C(=O)NCC(=O)O)SC[C@H](N=C([O-])CC[C@H](N)C(=O)O)C(=O)NCC(=O)O)C(=O)NCC(=O)O)C(=O)O.[Na+].[Na+].[Na+]. The van der Waals surface area contributed by atoms with Gasteiger partial charge in [0.2, 0.25) is 0 Å². The summed E-state index contributed by atoms with van der Waals surface area (Å²) in [6, 6.07) is -9.27. The van der Waals surface area contributed by atoms with Crippen molar-refractivity contribution in [3.05, 3.63) is 0 Å². The zero-order valence-electron chi connectivity index (χ0n) is 34.8. The maximum atomic E-state index is 13.0. The summed E-state index contributed by atoms with van der Waals surface area (Å²) in [4.78, 5) is 117. The molecule has 344 valence electrons. The van der Waals surface area contributed by atoms with E-state index in [1.54, 1.807) is 0 Å². The van der Waals surface area contributed by atoms with E-state index in [1.807, 2.05) is 0 Å². The Balaban J connectivity index is -0.00000600. The van der Waals surface area contributed by atoms with Crippen molar-refractivity contribution in [1.29, 1.82) is 0 Å². The first-order valence-electron chi connectivity index (χ1n) is 17.3. The number of nitrogens with two attached hydrogens (primary N) is 3. The molecular formula is C30H45AsN9Na3O18S3. The molecule has 0 aliphatic rings. The second-order valence-electron chi connectivity index (χ2n) is 12.0. The molecule has 0 bridgehead atoms. The quantitative estimate of drug-likeness (QED) is 0.0165. The summed E-state index contributed by atoms with van der Waals surface area (Å²) in [7, 11) is 2.73. The number of nitrogens with one attached hydrogen (secondary N) is 3. The van der Waals surface area contributed by atoms with Crippen molar-refractivity contribution in [2.45, 2.75) is 74.8 Å². The van der Waals surface area contributed by atoms with Gasteiger partial charge in [-0.1, -0.05) is 0 Å². The molecule has 6 atom stereocenters. The standard InChI is InChI=1S/C30H48AsN9O18S3.3Na/c32-13(28(53)54)1-4-19(41)38-16(25(50)35-7-22(44)45)10-59-31(60-11-17(26(51)36-8-23(46)47)39-20(42)5-2-14(33)29(55)56)61-12-18(27(52)37-9-24(48)49)40-21(43)6-3-15(34)30(57)58;;;/h13-18H,1-12,32-34H2,(H,35,50)(H,36,51)(H,37,52)(H,38,41)(H,39,42)(H,40,43)(H,44,45)(H,46,47)(H,48,49)(H,53,54)(H,55,56)(H,57,58);;;/q;3*+1/p-3/t13-,14-,15-,16-,17-,18-;;;/m0.../s1. The number of carbonyl (C=O) groups excluding carboxylic acids is 3. The van der Waals surface area contributed by atoms with Gasteiger partial charge in [0.05, 0.1) is 0 Å². The number of nitrogens with zero attached hydrogens (tertiary/aromatic N) is 3. The monoisotopic (exact) mass is 1060 g/mol. The zero-order chi connectivity index (χ0) is 46.8. The van der Waals surface area contributed by atoms with Gasteiger partial charge in [-0.05, 0) is 0 Å². The van der Waals surface area contributed by atoms with Gasteiger partial charge in [-0.25, -0.2) is 0 Å². The molecule has 0 fully saturated rings. The van der Waals surface area contributed by atoms with Crippen molar-refractivity contribution < 1.29 is 178 Å². The van der Waals surface area contributed by atoms with E-state index in [0.29, 0.717) is 0 Å². The van der Waals surface area contributed by atoms with Gasteiger partial charge in [-0.15, -0.1) is 0 Å². The zero-order valence-corrected chi connectivity index (χ0v) is 45.1. The van der Waals surface area contributed by atoms with Crippen molar-refractivity contribution in [1.82, 2.24) is 16.0 Å². The van der Waals surface area contributed by atoms with Gasteiger partial charge in [-0.2, -0.15) is 0 Å². The van der Waals surface area contributed by atoms with Crippen molar-refractivity contribution in [3.63, 3.8) is 0 Å². The van der Waals surface area contributed by atoms with E-state index in [9.17, 15) is 58.5 Å². The van der Waals surface area contributed by atoms with E-state index in [0.717, 1.165) is 30.1 Å². The molecule has 15 N–H and O–H groups in total. The average Bonchev–Trinajstić information content (AvgIpc) is 3.18. The van der Waals surface area contributed by atoms with Gasteiger partial charge in [-0.3, -0.25) is 0 Å². The minimum absolute atomic E-state index is 0. The van der Waals surface area contributed by atoms with Gasteiger partial charge >= 0.3 is 450 Å². The Labute approximate surface area is 445 Å². The fourth-order valence-electron chi connectivity index (χ4n) is 3.78. The molecule has 0 aromatic carbocycles. The molecular weight excluding hydrogens is 1010 g/mol. The van der Waals surface area contributed by atoms with Gasteiger partial charge in [0.25, 0.3) is 0 Å². The maximum absolute atomic E-state index is 13.0. The van der Waals surface area contributed by atoms with Gasteiger partial charge in [0.1, 0.15) is 0 Å². The number of hydrogen-bond donors (Lipinski definition) is 12. The molecule has 0 aliphatic carbocycles. The summed E-state index contributed by atoms with van der Waals surface area (Å²) in [5.41, 5.74) is 16.3. The molecule has 27 nitrogen and oxygen atoms in total. The third kappa shape index (κ3) is 33.6. The van der Waals surface area contributed by atoms with Crippen molar-refractivity contribution in [2.24, 2.45) is 32.2 Å². The predicted octanol–water partition coefficient (Wildman–Crippen LogP) is -16.3. The van der Waals surface area contributed by atoms with E-state index in [4.69, 9.17) is 47.8 Å². The van der Waals surface area contributed by atoms with Gasteiger partial charge in [0, 0.05) is 0 Å². The molecule has 0 saturated heterocycles. The third-order valence-corrected chi connectivity index (χ3v) is 25.7. The van der Waals surface area contributed by atoms with Crippen LogP contribution in [0.3, 0.4) is 0 Å². The Morgan fingerprint density at radius 1 is 0.469 bits per heavy atom. The summed E-state index contributed by atoms with van der Waals surface area (Å²) >= 11 is -2.96. The van der Waals surface area contributed by atoms with Crippen molar-refractivity contribution in [2.75, 3.05) is 36.9 Å². The molecule has 0 radical (unpaired) electrons. The van der Waals surface area contributed by atoms with Crippen LogP contribution in [0.15, 0.2) is 15.0 Å². The Bertz CT molecular complexity index is 1490. The first-order valence-corrected chi connectivity index (χ1v) is 27.0. The number of carbonyl (C=O) groups is 9. The van der Waals surface area contributed by atoms with E-state index < -0.39 is 175 Å². The van der Waals surface area contributed by atoms with Crippen LogP contribution < -0.4 is 137 Å². The topological polar surface area (TPSA) is 495 Å². The molecule has 0 saturated carbocycles. The van der Waals surface area contributed by atoms with Crippen LogP contribution in [0.4, 0.5) is 0 Å². The third-order valence-electron chi connectivity index (χ3n) is 7.02. The molecule has 0 aliphatic heterocycles. The van der Waals surface area contributed by atoms with Crippen LogP contribution in [0.25, 0.3) is 0 Å².